The molecule has 0 bridgehead atoms. The minimum Gasteiger partial charge on any atom is -0.303 e. The molecule has 3 aromatic heterocycles. The highest BCUT2D eigenvalue weighted by Gasteiger charge is 2.47. The Morgan fingerprint density at radius 2 is 1.56 bits per heavy atom. The lowest BCUT2D eigenvalue weighted by Gasteiger charge is -2.47. The molecule has 124 valence electrons. The summed E-state index contributed by atoms with van der Waals surface area (Å²) in [6.45, 7) is 8.83. The predicted molar refractivity (Wildman–Crippen MR) is 96.6 cm³/mol. The predicted octanol–water partition coefficient (Wildman–Crippen LogP) is 4.02. The van der Waals surface area contributed by atoms with Crippen LogP contribution in [0.25, 0.3) is 0 Å². The van der Waals surface area contributed by atoms with Gasteiger partial charge < -0.3 is 4.90 Å². The summed E-state index contributed by atoms with van der Waals surface area (Å²) in [6.07, 6.45) is 7.30. The van der Waals surface area contributed by atoms with E-state index in [1.807, 2.05) is 24.7 Å². The van der Waals surface area contributed by atoms with Crippen molar-refractivity contribution < 1.29 is 0 Å². The second-order valence-corrected chi connectivity index (χ2v) is 7.77. The van der Waals surface area contributed by atoms with E-state index < -0.39 is 0 Å². The molecular formula is C20H19N5. The van der Waals surface area contributed by atoms with Crippen LogP contribution in [0.2, 0.25) is 0 Å². The van der Waals surface area contributed by atoms with Crippen LogP contribution in [-0.4, -0.2) is 19.9 Å². The van der Waals surface area contributed by atoms with Gasteiger partial charge in [-0.1, -0.05) is 0 Å². The minimum absolute atomic E-state index is 0.211. The van der Waals surface area contributed by atoms with E-state index in [1.54, 1.807) is 6.33 Å². The molecule has 5 nitrogen and oxygen atoms in total. The van der Waals surface area contributed by atoms with Crippen molar-refractivity contribution in [2.75, 3.05) is 4.90 Å². The van der Waals surface area contributed by atoms with Gasteiger partial charge in [-0.2, -0.15) is 0 Å². The second kappa shape index (κ2) is 4.42. The van der Waals surface area contributed by atoms with Gasteiger partial charge in [-0.25, -0.2) is 9.97 Å². The first-order chi connectivity index (χ1) is 11.9. The lowest BCUT2D eigenvalue weighted by molar-refractivity contribution is 0.558. The highest BCUT2D eigenvalue weighted by atomic mass is 15.2. The Hall–Kier alpha value is -2.82. The van der Waals surface area contributed by atoms with Crippen LogP contribution >= 0.6 is 0 Å². The van der Waals surface area contributed by atoms with Gasteiger partial charge in [-0.3, -0.25) is 9.97 Å². The first kappa shape index (κ1) is 14.5. The lowest BCUT2D eigenvalue weighted by atomic mass is 9.71. The zero-order chi connectivity index (χ0) is 17.4. The third-order valence-corrected chi connectivity index (χ3v) is 5.56. The Morgan fingerprint density at radius 3 is 2.40 bits per heavy atom. The first-order valence-electron chi connectivity index (χ1n) is 8.50. The molecule has 0 spiro atoms. The van der Waals surface area contributed by atoms with Crippen molar-refractivity contribution >= 4 is 17.1 Å². The largest absolute Gasteiger partial charge is 0.303 e. The fourth-order valence-corrected chi connectivity index (χ4v) is 4.28. The average molecular weight is 329 g/mol. The van der Waals surface area contributed by atoms with Crippen molar-refractivity contribution in [2.24, 2.45) is 0 Å². The first-order valence-corrected chi connectivity index (χ1v) is 8.50. The van der Waals surface area contributed by atoms with Crippen LogP contribution in [0.3, 0.4) is 0 Å². The molecule has 0 aliphatic carbocycles. The summed E-state index contributed by atoms with van der Waals surface area (Å²) >= 11 is 0. The standard InChI is InChI=1S/C20H19N5/c1-19(2)12-7-9-23-18-15(12)25(14-10-21-11-24-17(14)19)13-6-5-8-22-16(13)20(18,3)4/h5-11H,1-4H3. The highest BCUT2D eigenvalue weighted by Crippen LogP contribution is 2.57. The van der Waals surface area contributed by atoms with Gasteiger partial charge in [0.15, 0.2) is 0 Å². The number of pyridine rings is 2. The van der Waals surface area contributed by atoms with Gasteiger partial charge in [0, 0.05) is 17.8 Å². The van der Waals surface area contributed by atoms with Crippen molar-refractivity contribution in [3.63, 3.8) is 0 Å². The van der Waals surface area contributed by atoms with Gasteiger partial charge in [0.2, 0.25) is 0 Å². The maximum Gasteiger partial charge on any atom is 0.115 e. The number of hydrogen-bond acceptors (Lipinski definition) is 5. The SMILES string of the molecule is CC1(C)c2ccnc3c2N(c2cncnc21)c1cccnc1C3(C)C. The van der Waals surface area contributed by atoms with Gasteiger partial charge in [-0.05, 0) is 51.5 Å². The molecule has 0 atom stereocenters. The minimum atomic E-state index is -0.262. The Kier molecular flexibility index (Phi) is 2.57. The lowest BCUT2D eigenvalue weighted by Crippen LogP contribution is -2.39. The number of hydrogen-bond donors (Lipinski definition) is 0. The van der Waals surface area contributed by atoms with Gasteiger partial charge in [0.05, 0.1) is 45.8 Å². The van der Waals surface area contributed by atoms with Crippen LogP contribution in [0.5, 0.6) is 0 Å². The molecule has 0 saturated heterocycles. The molecule has 0 aromatic carbocycles. The van der Waals surface area contributed by atoms with Crippen molar-refractivity contribution in [1.29, 1.82) is 0 Å². The van der Waals surface area contributed by atoms with E-state index in [1.165, 1.54) is 5.56 Å². The van der Waals surface area contributed by atoms with Gasteiger partial charge in [0.1, 0.15) is 6.33 Å². The Morgan fingerprint density at radius 1 is 0.800 bits per heavy atom. The number of anilines is 3. The second-order valence-electron chi connectivity index (χ2n) is 7.77. The normalized spacial score (nSPS) is 18.2. The summed E-state index contributed by atoms with van der Waals surface area (Å²) in [4.78, 5) is 20.7. The van der Waals surface area contributed by atoms with Crippen LogP contribution < -0.4 is 4.90 Å². The zero-order valence-corrected chi connectivity index (χ0v) is 14.8. The van der Waals surface area contributed by atoms with E-state index in [-0.39, 0.29) is 10.8 Å². The van der Waals surface area contributed by atoms with Gasteiger partial charge in [-0.15, -0.1) is 0 Å². The molecule has 0 fully saturated rings. The summed E-state index contributed by atoms with van der Waals surface area (Å²) in [5, 5.41) is 0. The van der Waals surface area contributed by atoms with E-state index >= 15 is 0 Å². The van der Waals surface area contributed by atoms with Gasteiger partial charge >= 0.3 is 0 Å². The van der Waals surface area contributed by atoms with E-state index in [4.69, 9.17) is 9.97 Å². The van der Waals surface area contributed by atoms with Crippen molar-refractivity contribution in [3.05, 3.63) is 65.8 Å². The molecule has 5 heteroatoms. The summed E-state index contributed by atoms with van der Waals surface area (Å²) in [5.41, 5.74) is 7.13. The molecule has 5 rings (SSSR count). The number of rotatable bonds is 0. The van der Waals surface area contributed by atoms with E-state index in [2.05, 4.69) is 54.7 Å². The molecule has 3 aromatic rings. The molecule has 0 unspecified atom stereocenters. The van der Waals surface area contributed by atoms with E-state index in [0.29, 0.717) is 0 Å². The third-order valence-electron chi connectivity index (χ3n) is 5.56. The van der Waals surface area contributed by atoms with Crippen LogP contribution in [0, 0.1) is 0 Å². The fourth-order valence-electron chi connectivity index (χ4n) is 4.28. The van der Waals surface area contributed by atoms with Crippen LogP contribution in [0.4, 0.5) is 17.1 Å². The zero-order valence-electron chi connectivity index (χ0n) is 14.8. The molecule has 0 amide bonds. The molecule has 2 aliphatic rings. The molecule has 0 saturated carbocycles. The maximum atomic E-state index is 4.78. The van der Waals surface area contributed by atoms with Crippen molar-refractivity contribution in [2.45, 2.75) is 38.5 Å². The fraction of sp³-hybridized carbons (Fsp3) is 0.300. The van der Waals surface area contributed by atoms with E-state index in [0.717, 1.165) is 34.1 Å². The number of aromatic nitrogens is 4. The Labute approximate surface area is 146 Å². The molecule has 5 heterocycles. The van der Waals surface area contributed by atoms with Crippen LogP contribution in [0.1, 0.15) is 50.3 Å². The summed E-state index contributed by atoms with van der Waals surface area (Å²) in [6, 6.07) is 6.23. The van der Waals surface area contributed by atoms with Gasteiger partial charge in [0.25, 0.3) is 0 Å². The monoisotopic (exact) mass is 329 g/mol. The molecule has 0 radical (unpaired) electrons. The molecular weight excluding hydrogens is 310 g/mol. The summed E-state index contributed by atoms with van der Waals surface area (Å²) in [5.74, 6) is 0. The summed E-state index contributed by atoms with van der Waals surface area (Å²) < 4.78 is 0. The average Bonchev–Trinajstić information content (AvgIpc) is 2.61. The van der Waals surface area contributed by atoms with Crippen molar-refractivity contribution in [1.82, 2.24) is 19.9 Å². The topological polar surface area (TPSA) is 54.8 Å². The molecule has 0 N–H and O–H groups in total. The Balaban J connectivity index is 1.97. The highest BCUT2D eigenvalue weighted by molar-refractivity contribution is 5.90. The van der Waals surface area contributed by atoms with Crippen LogP contribution in [-0.2, 0) is 10.8 Å². The molecule has 2 aliphatic heterocycles. The summed E-state index contributed by atoms with van der Waals surface area (Å²) in [7, 11) is 0. The smallest absolute Gasteiger partial charge is 0.115 e. The Bertz CT molecular complexity index is 944. The number of fused-ring (bicyclic) bond motifs is 4. The molecule has 25 heavy (non-hydrogen) atoms. The number of nitrogens with zero attached hydrogens (tertiary/aromatic N) is 5. The third kappa shape index (κ3) is 1.63. The van der Waals surface area contributed by atoms with E-state index in [9.17, 15) is 0 Å². The van der Waals surface area contributed by atoms with Crippen LogP contribution in [0.15, 0.2) is 43.1 Å². The quantitative estimate of drug-likeness (QED) is 0.623. The van der Waals surface area contributed by atoms with Crippen molar-refractivity contribution in [3.8, 4) is 0 Å². The maximum absolute atomic E-state index is 4.78.